The van der Waals surface area contributed by atoms with Crippen molar-refractivity contribution >= 4 is 23.2 Å². The van der Waals surface area contributed by atoms with Crippen LogP contribution in [0.5, 0.6) is 0 Å². The highest BCUT2D eigenvalue weighted by molar-refractivity contribution is 7.11. The molecule has 2 rings (SSSR count). The summed E-state index contributed by atoms with van der Waals surface area (Å²) in [5.74, 6) is -1.19. The summed E-state index contributed by atoms with van der Waals surface area (Å²) in [6, 6.07) is 9.24. The molecule has 0 aliphatic heterocycles. The van der Waals surface area contributed by atoms with Gasteiger partial charge in [0.2, 0.25) is 0 Å². The molecule has 1 unspecified atom stereocenters. The van der Waals surface area contributed by atoms with Gasteiger partial charge in [-0.3, -0.25) is 4.79 Å². The number of hydrogen-bond donors (Lipinski definition) is 1. The van der Waals surface area contributed by atoms with Crippen molar-refractivity contribution < 1.29 is 18.7 Å². The zero-order chi connectivity index (χ0) is 15.9. The van der Waals surface area contributed by atoms with Crippen LogP contribution < -0.4 is 5.32 Å². The predicted octanol–water partition coefficient (Wildman–Crippen LogP) is 3.14. The molecule has 0 fully saturated rings. The highest BCUT2D eigenvalue weighted by atomic mass is 32.1. The van der Waals surface area contributed by atoms with Crippen LogP contribution in [0, 0.1) is 5.82 Å². The third-order valence-corrected chi connectivity index (χ3v) is 3.86. The molecule has 2 aromatic rings. The maximum absolute atomic E-state index is 12.8. The minimum atomic E-state index is -0.838. The van der Waals surface area contributed by atoms with Crippen LogP contribution in [0.4, 0.5) is 4.39 Å². The summed E-state index contributed by atoms with van der Waals surface area (Å²) in [7, 11) is 0. The van der Waals surface area contributed by atoms with E-state index >= 15 is 0 Å². The summed E-state index contributed by atoms with van der Waals surface area (Å²) in [6.45, 7) is 2.02. The molecule has 0 saturated heterocycles. The largest absolute Gasteiger partial charge is 0.448 e. The number of carbonyl (C=O) groups is 2. The Morgan fingerprint density at radius 2 is 2.00 bits per heavy atom. The number of benzene rings is 1. The van der Waals surface area contributed by atoms with Crippen molar-refractivity contribution in [3.8, 4) is 0 Å². The number of amides is 1. The number of esters is 1. The van der Waals surface area contributed by atoms with E-state index < -0.39 is 12.1 Å². The van der Waals surface area contributed by atoms with Crippen LogP contribution in [0.1, 0.15) is 28.6 Å². The number of carbonyl (C=O) groups excluding carboxylic acids is 2. The molecule has 1 amide bonds. The zero-order valence-corrected chi connectivity index (χ0v) is 12.9. The first kappa shape index (κ1) is 16.2. The molecule has 116 valence electrons. The number of ether oxygens (including phenoxy) is 1. The smallest absolute Gasteiger partial charge is 0.349 e. The van der Waals surface area contributed by atoms with Gasteiger partial charge in [0.05, 0.1) is 0 Å². The van der Waals surface area contributed by atoms with Crippen molar-refractivity contribution in [1.82, 2.24) is 5.32 Å². The molecular formula is C16H16FNO3S. The molecule has 4 nitrogen and oxygen atoms in total. The van der Waals surface area contributed by atoms with Crippen molar-refractivity contribution in [3.63, 3.8) is 0 Å². The van der Waals surface area contributed by atoms with Gasteiger partial charge in [0.15, 0.2) is 6.10 Å². The lowest BCUT2D eigenvalue weighted by molar-refractivity contribution is -0.130. The monoisotopic (exact) mass is 321 g/mol. The van der Waals surface area contributed by atoms with Crippen molar-refractivity contribution in [1.29, 1.82) is 0 Å². The van der Waals surface area contributed by atoms with E-state index in [4.69, 9.17) is 4.74 Å². The molecule has 1 aromatic heterocycles. The van der Waals surface area contributed by atoms with Crippen LogP contribution in [-0.2, 0) is 16.1 Å². The minimum absolute atomic E-state index is 0.256. The zero-order valence-electron chi connectivity index (χ0n) is 12.0. The van der Waals surface area contributed by atoms with E-state index in [9.17, 15) is 14.0 Å². The second-order valence-corrected chi connectivity index (χ2v) is 5.57. The summed E-state index contributed by atoms with van der Waals surface area (Å²) in [4.78, 5) is 24.4. The molecule has 0 bridgehead atoms. The quantitative estimate of drug-likeness (QED) is 0.832. The molecule has 1 aromatic carbocycles. The predicted molar refractivity (Wildman–Crippen MR) is 82.1 cm³/mol. The van der Waals surface area contributed by atoms with Crippen molar-refractivity contribution in [3.05, 3.63) is 58.0 Å². The van der Waals surface area contributed by atoms with Gasteiger partial charge < -0.3 is 10.1 Å². The minimum Gasteiger partial charge on any atom is -0.448 e. The third kappa shape index (κ3) is 4.39. The fraction of sp³-hybridized carbons (Fsp3) is 0.250. The first-order chi connectivity index (χ1) is 10.6. The molecular weight excluding hydrogens is 305 g/mol. The highest BCUT2D eigenvalue weighted by Crippen LogP contribution is 2.12. The average Bonchev–Trinajstić information content (AvgIpc) is 3.06. The molecule has 6 heteroatoms. The summed E-state index contributed by atoms with van der Waals surface area (Å²) in [5.41, 5.74) is 0.772. The fourth-order valence-electron chi connectivity index (χ4n) is 1.81. The van der Waals surface area contributed by atoms with Gasteiger partial charge in [-0.15, -0.1) is 11.3 Å². The maximum atomic E-state index is 12.8. The van der Waals surface area contributed by atoms with Crippen LogP contribution >= 0.6 is 11.3 Å². The second kappa shape index (κ2) is 7.70. The summed E-state index contributed by atoms with van der Waals surface area (Å²) in [5, 5.41) is 4.45. The molecule has 1 heterocycles. The van der Waals surface area contributed by atoms with E-state index in [0.29, 0.717) is 11.3 Å². The van der Waals surface area contributed by atoms with Gasteiger partial charge in [0.25, 0.3) is 5.91 Å². The van der Waals surface area contributed by atoms with Crippen LogP contribution in [0.25, 0.3) is 0 Å². The Morgan fingerprint density at radius 1 is 1.27 bits per heavy atom. The summed E-state index contributed by atoms with van der Waals surface area (Å²) >= 11 is 1.27. The molecule has 1 atom stereocenters. The Morgan fingerprint density at radius 3 is 2.59 bits per heavy atom. The van der Waals surface area contributed by atoms with Gasteiger partial charge in [-0.25, -0.2) is 9.18 Å². The molecule has 0 radical (unpaired) electrons. The standard InChI is InChI=1S/C16H16FNO3S/c1-2-13(21-16(20)14-4-3-9-22-14)15(19)18-10-11-5-7-12(17)8-6-11/h3-9,13H,2,10H2,1H3,(H,18,19). The Hall–Kier alpha value is -2.21. The number of nitrogens with one attached hydrogen (secondary N) is 1. The summed E-state index contributed by atoms with van der Waals surface area (Å²) < 4.78 is 18.0. The topological polar surface area (TPSA) is 55.4 Å². The SMILES string of the molecule is CCC(OC(=O)c1cccs1)C(=O)NCc1ccc(F)cc1. The Kier molecular flexibility index (Phi) is 5.66. The van der Waals surface area contributed by atoms with E-state index in [1.807, 2.05) is 0 Å². The van der Waals surface area contributed by atoms with Crippen LogP contribution in [-0.4, -0.2) is 18.0 Å². The Balaban J connectivity index is 1.88. The van der Waals surface area contributed by atoms with Crippen molar-refractivity contribution in [2.75, 3.05) is 0 Å². The number of rotatable bonds is 6. The Labute approximate surface area is 131 Å². The summed E-state index contributed by atoms with van der Waals surface area (Å²) in [6.07, 6.45) is -0.457. The van der Waals surface area contributed by atoms with E-state index in [-0.39, 0.29) is 18.3 Å². The first-order valence-electron chi connectivity index (χ1n) is 6.86. The van der Waals surface area contributed by atoms with E-state index in [1.54, 1.807) is 36.6 Å². The van der Waals surface area contributed by atoms with Crippen LogP contribution in [0.3, 0.4) is 0 Å². The van der Waals surface area contributed by atoms with Gasteiger partial charge >= 0.3 is 5.97 Å². The lowest BCUT2D eigenvalue weighted by atomic mass is 10.2. The molecule has 0 aliphatic carbocycles. The molecule has 1 N–H and O–H groups in total. The van der Waals surface area contributed by atoms with Gasteiger partial charge in [-0.1, -0.05) is 25.1 Å². The fourth-order valence-corrected chi connectivity index (χ4v) is 2.41. The number of halogens is 1. The Bertz CT molecular complexity index is 625. The lowest BCUT2D eigenvalue weighted by Crippen LogP contribution is -2.37. The van der Waals surface area contributed by atoms with E-state index in [1.165, 1.54) is 23.5 Å². The van der Waals surface area contributed by atoms with Gasteiger partial charge in [-0.2, -0.15) is 0 Å². The molecule has 22 heavy (non-hydrogen) atoms. The first-order valence-corrected chi connectivity index (χ1v) is 7.74. The van der Waals surface area contributed by atoms with E-state index in [2.05, 4.69) is 5.32 Å². The third-order valence-electron chi connectivity index (χ3n) is 3.01. The number of hydrogen-bond acceptors (Lipinski definition) is 4. The van der Waals surface area contributed by atoms with Gasteiger partial charge in [-0.05, 0) is 35.6 Å². The number of thiophene rings is 1. The molecule has 0 spiro atoms. The van der Waals surface area contributed by atoms with Crippen molar-refractivity contribution in [2.45, 2.75) is 26.0 Å². The average molecular weight is 321 g/mol. The lowest BCUT2D eigenvalue weighted by Gasteiger charge is -2.15. The normalized spacial score (nSPS) is 11.7. The molecule has 0 saturated carbocycles. The second-order valence-electron chi connectivity index (χ2n) is 4.62. The highest BCUT2D eigenvalue weighted by Gasteiger charge is 2.22. The van der Waals surface area contributed by atoms with Gasteiger partial charge in [0.1, 0.15) is 10.7 Å². The van der Waals surface area contributed by atoms with Gasteiger partial charge in [0, 0.05) is 6.54 Å². The molecule has 0 aliphatic rings. The van der Waals surface area contributed by atoms with Crippen LogP contribution in [0.2, 0.25) is 0 Å². The maximum Gasteiger partial charge on any atom is 0.349 e. The van der Waals surface area contributed by atoms with Crippen LogP contribution in [0.15, 0.2) is 41.8 Å². The van der Waals surface area contributed by atoms with Crippen molar-refractivity contribution in [2.24, 2.45) is 0 Å². The van der Waals surface area contributed by atoms with E-state index in [0.717, 1.165) is 5.56 Å².